The summed E-state index contributed by atoms with van der Waals surface area (Å²) in [4.78, 5) is 36.2. The molecule has 0 aromatic carbocycles. The molecule has 1 aromatic heterocycles. The molecule has 2 aliphatic rings. The van der Waals surface area contributed by atoms with Crippen LogP contribution in [-0.2, 0) is 9.53 Å². The van der Waals surface area contributed by atoms with Crippen molar-refractivity contribution in [3.8, 4) is 0 Å². The number of aryl methyl sites for hydroxylation is 1. The van der Waals surface area contributed by atoms with Crippen LogP contribution >= 0.6 is 0 Å². The first-order chi connectivity index (χ1) is 11.9. The number of aromatic nitrogens is 2. The minimum Gasteiger partial charge on any atom is -0.379 e. The number of ether oxygens (including phenoxy) is 1. The van der Waals surface area contributed by atoms with E-state index in [2.05, 4.69) is 14.9 Å². The summed E-state index contributed by atoms with van der Waals surface area (Å²) in [5.41, 5.74) is 0.130. The van der Waals surface area contributed by atoms with Crippen LogP contribution in [0.5, 0.6) is 0 Å². The van der Waals surface area contributed by atoms with E-state index in [0.29, 0.717) is 25.6 Å². The van der Waals surface area contributed by atoms with Gasteiger partial charge in [-0.25, -0.2) is 4.98 Å². The highest BCUT2D eigenvalue weighted by Gasteiger charge is 2.40. The molecular weight excluding hydrogens is 320 g/mol. The van der Waals surface area contributed by atoms with Gasteiger partial charge in [-0.1, -0.05) is 0 Å². The maximum absolute atomic E-state index is 13.2. The number of carbonyl (C=O) groups excluding carboxylic acids is 1. The van der Waals surface area contributed by atoms with E-state index >= 15 is 0 Å². The molecule has 2 fully saturated rings. The molecule has 3 rings (SSSR count). The Morgan fingerprint density at radius 1 is 1.32 bits per heavy atom. The van der Waals surface area contributed by atoms with Gasteiger partial charge in [0, 0.05) is 38.2 Å². The molecule has 0 bridgehead atoms. The summed E-state index contributed by atoms with van der Waals surface area (Å²) in [6, 6.07) is 1.57. The Morgan fingerprint density at radius 2 is 2.04 bits per heavy atom. The van der Waals surface area contributed by atoms with Crippen molar-refractivity contribution >= 4 is 5.91 Å². The van der Waals surface area contributed by atoms with Crippen LogP contribution in [0.3, 0.4) is 0 Å². The first kappa shape index (κ1) is 18.1. The number of aromatic amines is 1. The highest BCUT2D eigenvalue weighted by atomic mass is 16.5. The van der Waals surface area contributed by atoms with Crippen molar-refractivity contribution < 1.29 is 9.53 Å². The third-order valence-electron chi connectivity index (χ3n) is 5.33. The largest absolute Gasteiger partial charge is 0.379 e. The molecular formula is C18H28N4O3. The summed E-state index contributed by atoms with van der Waals surface area (Å²) >= 11 is 0. The molecule has 3 heterocycles. The van der Waals surface area contributed by atoms with Crippen molar-refractivity contribution in [3.63, 3.8) is 0 Å². The molecule has 7 heteroatoms. The molecule has 0 spiro atoms. The number of amides is 1. The summed E-state index contributed by atoms with van der Waals surface area (Å²) in [5, 5.41) is 0. The first-order valence-electron chi connectivity index (χ1n) is 9.08. The van der Waals surface area contributed by atoms with Gasteiger partial charge in [0.1, 0.15) is 5.82 Å². The third kappa shape index (κ3) is 3.93. The first-order valence-corrected chi connectivity index (χ1v) is 9.08. The lowest BCUT2D eigenvalue weighted by atomic mass is 9.92. The molecule has 1 atom stereocenters. The number of hydrogen-bond acceptors (Lipinski definition) is 5. The van der Waals surface area contributed by atoms with Gasteiger partial charge in [-0.15, -0.1) is 0 Å². The van der Waals surface area contributed by atoms with Crippen LogP contribution in [0.2, 0.25) is 0 Å². The van der Waals surface area contributed by atoms with E-state index in [0.717, 1.165) is 38.2 Å². The Morgan fingerprint density at radius 3 is 2.72 bits per heavy atom. The summed E-state index contributed by atoms with van der Waals surface area (Å²) < 4.78 is 5.41. The second kappa shape index (κ2) is 7.25. The van der Waals surface area contributed by atoms with Crippen LogP contribution in [0.1, 0.15) is 44.1 Å². The molecule has 2 saturated heterocycles. The zero-order chi connectivity index (χ0) is 18.0. The minimum atomic E-state index is -0.539. The van der Waals surface area contributed by atoms with E-state index in [1.54, 1.807) is 13.0 Å². The van der Waals surface area contributed by atoms with Crippen molar-refractivity contribution in [1.82, 2.24) is 19.8 Å². The fourth-order valence-electron chi connectivity index (χ4n) is 3.86. The highest BCUT2D eigenvalue weighted by molar-refractivity contribution is 5.85. The van der Waals surface area contributed by atoms with Gasteiger partial charge in [-0.2, -0.15) is 0 Å². The summed E-state index contributed by atoms with van der Waals surface area (Å²) in [6.45, 7) is 10.1. The molecule has 25 heavy (non-hydrogen) atoms. The molecule has 1 amide bonds. The minimum absolute atomic E-state index is 0.124. The molecule has 0 saturated carbocycles. The van der Waals surface area contributed by atoms with Crippen LogP contribution < -0.4 is 5.56 Å². The molecule has 0 radical (unpaired) electrons. The second-order valence-electron chi connectivity index (χ2n) is 7.50. The predicted octanol–water partition coefficient (Wildman–Crippen LogP) is 0.895. The quantitative estimate of drug-likeness (QED) is 0.878. The van der Waals surface area contributed by atoms with Gasteiger partial charge >= 0.3 is 0 Å². The highest BCUT2D eigenvalue weighted by Crippen LogP contribution is 2.28. The number of hydrogen-bond donors (Lipinski definition) is 1. The second-order valence-corrected chi connectivity index (χ2v) is 7.50. The van der Waals surface area contributed by atoms with Crippen LogP contribution in [0.15, 0.2) is 10.9 Å². The van der Waals surface area contributed by atoms with Gasteiger partial charge in [-0.3, -0.25) is 14.5 Å². The van der Waals surface area contributed by atoms with Crippen molar-refractivity contribution in [2.75, 3.05) is 39.4 Å². The lowest BCUT2D eigenvalue weighted by molar-refractivity contribution is -0.146. The molecule has 7 nitrogen and oxygen atoms in total. The van der Waals surface area contributed by atoms with Crippen molar-refractivity contribution in [2.24, 2.45) is 0 Å². The SMILES string of the molecule is Cc1nc([C@@H]2CCCN(C(=O)C(C)(C)N3CCOCC3)C2)cc(=O)[nH]1. The molecule has 2 aliphatic heterocycles. The number of rotatable bonds is 3. The van der Waals surface area contributed by atoms with Gasteiger partial charge in [0.05, 0.1) is 24.4 Å². The van der Waals surface area contributed by atoms with Gasteiger partial charge in [-0.05, 0) is 33.6 Å². The molecule has 1 aromatic rings. The lowest BCUT2D eigenvalue weighted by Gasteiger charge is -2.44. The average Bonchev–Trinajstić information content (AvgIpc) is 2.61. The van der Waals surface area contributed by atoms with E-state index < -0.39 is 5.54 Å². The monoisotopic (exact) mass is 348 g/mol. The number of piperidine rings is 1. The number of H-pyrrole nitrogens is 1. The maximum atomic E-state index is 13.2. The average molecular weight is 348 g/mol. The summed E-state index contributed by atoms with van der Waals surface area (Å²) in [6.07, 6.45) is 1.89. The number of likely N-dealkylation sites (tertiary alicyclic amines) is 1. The van der Waals surface area contributed by atoms with Gasteiger partial charge in [0.2, 0.25) is 5.91 Å². The number of carbonyl (C=O) groups is 1. The molecule has 0 aliphatic carbocycles. The molecule has 0 unspecified atom stereocenters. The third-order valence-corrected chi connectivity index (χ3v) is 5.33. The predicted molar refractivity (Wildman–Crippen MR) is 94.6 cm³/mol. The zero-order valence-electron chi connectivity index (χ0n) is 15.4. The fourth-order valence-corrected chi connectivity index (χ4v) is 3.86. The smallest absolute Gasteiger partial charge is 0.251 e. The van der Waals surface area contributed by atoms with Crippen LogP contribution in [-0.4, -0.2) is 70.6 Å². The standard InChI is InChI=1S/C18H28N4O3/c1-13-19-15(11-16(23)20-13)14-5-4-6-21(12-14)17(24)18(2,3)22-7-9-25-10-8-22/h11,14H,4-10,12H2,1-3H3,(H,19,20,23)/t14-/m1/s1. The van der Waals surface area contributed by atoms with Crippen LogP contribution in [0.25, 0.3) is 0 Å². The maximum Gasteiger partial charge on any atom is 0.251 e. The van der Waals surface area contributed by atoms with E-state index in [4.69, 9.17) is 4.74 Å². The lowest BCUT2D eigenvalue weighted by Crippen LogP contribution is -2.60. The van der Waals surface area contributed by atoms with Crippen LogP contribution in [0.4, 0.5) is 0 Å². The Bertz CT molecular complexity index is 679. The van der Waals surface area contributed by atoms with E-state index in [-0.39, 0.29) is 17.4 Å². The van der Waals surface area contributed by atoms with E-state index in [1.165, 1.54) is 0 Å². The van der Waals surface area contributed by atoms with E-state index in [1.807, 2.05) is 18.7 Å². The Hall–Kier alpha value is -1.73. The Kier molecular flexibility index (Phi) is 5.24. The van der Waals surface area contributed by atoms with Crippen molar-refractivity contribution in [3.05, 3.63) is 27.9 Å². The van der Waals surface area contributed by atoms with Crippen molar-refractivity contribution in [2.45, 2.75) is 45.1 Å². The zero-order valence-corrected chi connectivity index (χ0v) is 15.4. The molecule has 138 valence electrons. The Balaban J connectivity index is 1.73. The van der Waals surface area contributed by atoms with Crippen LogP contribution in [0, 0.1) is 6.92 Å². The normalized spacial score (nSPS) is 22.8. The number of morpholine rings is 1. The van der Waals surface area contributed by atoms with Gasteiger partial charge < -0.3 is 14.6 Å². The number of nitrogens with zero attached hydrogens (tertiary/aromatic N) is 3. The van der Waals surface area contributed by atoms with Crippen molar-refractivity contribution in [1.29, 1.82) is 0 Å². The van der Waals surface area contributed by atoms with Gasteiger partial charge in [0.15, 0.2) is 0 Å². The molecule has 1 N–H and O–H groups in total. The Labute approximate surface area is 148 Å². The fraction of sp³-hybridized carbons (Fsp3) is 0.722. The summed E-state index contributed by atoms with van der Waals surface area (Å²) in [5.74, 6) is 0.902. The number of nitrogens with one attached hydrogen (secondary N) is 1. The topological polar surface area (TPSA) is 78.5 Å². The van der Waals surface area contributed by atoms with Gasteiger partial charge in [0.25, 0.3) is 5.56 Å². The summed E-state index contributed by atoms with van der Waals surface area (Å²) in [7, 11) is 0. The van der Waals surface area contributed by atoms with E-state index in [9.17, 15) is 9.59 Å².